The average Bonchev–Trinajstić information content (AvgIpc) is 2.59. The third kappa shape index (κ3) is 9.33. The van der Waals surface area contributed by atoms with E-state index < -0.39 is 35.9 Å². The van der Waals surface area contributed by atoms with Crippen LogP contribution in [0.5, 0.6) is 0 Å². The Kier molecular flexibility index (Phi) is 9.73. The van der Waals surface area contributed by atoms with Crippen molar-refractivity contribution in [2.45, 2.75) is 103 Å². The van der Waals surface area contributed by atoms with E-state index in [-0.39, 0.29) is 15.9 Å². The maximum Gasteiger partial charge on any atom is 0.309 e. The Morgan fingerprint density at radius 3 is 2.06 bits per heavy atom. The van der Waals surface area contributed by atoms with Crippen molar-refractivity contribution in [1.82, 2.24) is 4.72 Å². The van der Waals surface area contributed by atoms with Gasteiger partial charge in [0.15, 0.2) is 8.32 Å². The van der Waals surface area contributed by atoms with Crippen LogP contribution in [0.25, 0.3) is 0 Å². The Morgan fingerprint density at radius 2 is 1.59 bits per heavy atom. The first kappa shape index (κ1) is 28.8. The molecule has 0 aliphatic carbocycles. The van der Waals surface area contributed by atoms with E-state index in [1.54, 1.807) is 31.2 Å². The molecule has 32 heavy (non-hydrogen) atoms. The molecule has 1 rings (SSSR count). The second-order valence-electron chi connectivity index (χ2n) is 11.2. The van der Waals surface area contributed by atoms with Gasteiger partial charge in [-0.25, -0.2) is 13.1 Å². The number of hydrogen-bond donors (Lipinski definition) is 1. The maximum absolute atomic E-state index is 13.0. The first-order chi connectivity index (χ1) is 14.3. The van der Waals surface area contributed by atoms with E-state index in [9.17, 15) is 13.2 Å². The Balaban J connectivity index is 2.99. The van der Waals surface area contributed by atoms with Gasteiger partial charge in [0.05, 0.1) is 10.8 Å². The molecule has 0 radical (unpaired) electrons. The minimum Gasteiger partial charge on any atom is -0.460 e. The highest BCUT2D eigenvalue weighted by Gasteiger charge is 2.37. The molecule has 0 aliphatic heterocycles. The van der Waals surface area contributed by atoms with Gasteiger partial charge in [-0.3, -0.25) is 4.79 Å². The lowest BCUT2D eigenvalue weighted by Gasteiger charge is -2.36. The smallest absolute Gasteiger partial charge is 0.309 e. The van der Waals surface area contributed by atoms with Crippen LogP contribution >= 0.6 is 0 Å². The second-order valence-corrected chi connectivity index (χ2v) is 17.7. The monoisotopic (exact) mass is 485 g/mol. The summed E-state index contributed by atoms with van der Waals surface area (Å²) in [6, 6.07) is 6.28. The molecule has 0 aromatic heterocycles. The molecule has 1 aromatic rings. The van der Waals surface area contributed by atoms with Crippen molar-refractivity contribution >= 4 is 24.3 Å². The summed E-state index contributed by atoms with van der Waals surface area (Å²) in [7, 11) is -5.69. The van der Waals surface area contributed by atoms with E-state index in [0.29, 0.717) is 19.4 Å². The van der Waals surface area contributed by atoms with Gasteiger partial charge in [0, 0.05) is 12.6 Å². The number of nitrogens with one attached hydrogen (secondary N) is 1. The van der Waals surface area contributed by atoms with Gasteiger partial charge in [-0.1, -0.05) is 45.4 Å². The molecule has 0 unspecified atom stereocenters. The summed E-state index contributed by atoms with van der Waals surface area (Å²) in [5.41, 5.74) is 0.398. The Bertz CT molecular complexity index is 852. The normalized spacial score (nSPS) is 15.3. The number of benzene rings is 1. The molecule has 2 atom stereocenters. The topological polar surface area (TPSA) is 81.7 Å². The molecule has 0 saturated carbocycles. The summed E-state index contributed by atoms with van der Waals surface area (Å²) >= 11 is 0. The van der Waals surface area contributed by atoms with E-state index in [0.717, 1.165) is 5.56 Å². The van der Waals surface area contributed by atoms with Crippen molar-refractivity contribution in [2.24, 2.45) is 5.92 Å². The molecule has 0 spiro atoms. The molecule has 0 saturated heterocycles. The van der Waals surface area contributed by atoms with E-state index >= 15 is 0 Å². The molecule has 8 heteroatoms. The number of hydrogen-bond acceptors (Lipinski definition) is 5. The van der Waals surface area contributed by atoms with Gasteiger partial charge in [-0.15, -0.1) is 0 Å². The molecule has 1 N–H and O–H groups in total. The number of aryl methyl sites for hydroxylation is 1. The van der Waals surface area contributed by atoms with E-state index in [2.05, 4.69) is 38.6 Å². The number of carbonyl (C=O) groups is 1. The fourth-order valence-electron chi connectivity index (χ4n) is 2.83. The van der Waals surface area contributed by atoms with Crippen LogP contribution in [0.2, 0.25) is 18.1 Å². The molecule has 1 aromatic carbocycles. The number of carbonyl (C=O) groups excluding carboxylic acids is 1. The highest BCUT2D eigenvalue weighted by Crippen LogP contribution is 2.36. The predicted molar refractivity (Wildman–Crippen MR) is 133 cm³/mol. The summed E-state index contributed by atoms with van der Waals surface area (Å²) in [5, 5.41) is 0.0632. The first-order valence-corrected chi connectivity index (χ1v) is 15.7. The van der Waals surface area contributed by atoms with Gasteiger partial charge in [0.25, 0.3) is 0 Å². The molecule has 0 heterocycles. The lowest BCUT2D eigenvalue weighted by molar-refractivity contribution is -0.159. The van der Waals surface area contributed by atoms with Crippen molar-refractivity contribution in [1.29, 1.82) is 0 Å². The van der Waals surface area contributed by atoms with Crippen molar-refractivity contribution < 1.29 is 22.4 Å². The zero-order valence-corrected chi connectivity index (χ0v) is 23.4. The highest BCUT2D eigenvalue weighted by molar-refractivity contribution is 7.89. The first-order valence-electron chi connectivity index (χ1n) is 11.3. The van der Waals surface area contributed by atoms with Gasteiger partial charge >= 0.3 is 5.97 Å². The van der Waals surface area contributed by atoms with Crippen LogP contribution in [0.1, 0.15) is 66.9 Å². The minimum absolute atomic E-state index is 0.0632. The van der Waals surface area contributed by atoms with Gasteiger partial charge < -0.3 is 9.16 Å². The standard InChI is InChI=1S/C24H43NO5SSi/c1-18-11-13-21(14-12-18)31(27,28)25-20(15-16-29-32(9,10)24(6,7)8)17-19(2)22(26)30-23(3,4)5/h11-14,19-20,25H,15-17H2,1-10H3/t19-,20-/m1/s1. The van der Waals surface area contributed by atoms with Crippen LogP contribution in [0, 0.1) is 12.8 Å². The molecular formula is C24H43NO5SSi. The molecular weight excluding hydrogens is 442 g/mol. The minimum atomic E-state index is -3.72. The fraction of sp³-hybridized carbons (Fsp3) is 0.708. The summed E-state index contributed by atoms with van der Waals surface area (Å²) < 4.78 is 40.6. The Hall–Kier alpha value is -1.22. The van der Waals surface area contributed by atoms with Gasteiger partial charge in [-0.2, -0.15) is 0 Å². The molecule has 0 bridgehead atoms. The number of esters is 1. The van der Waals surface area contributed by atoms with Gasteiger partial charge in [-0.05, 0) is 70.8 Å². The van der Waals surface area contributed by atoms with E-state index in [1.807, 2.05) is 27.7 Å². The van der Waals surface area contributed by atoms with Gasteiger partial charge in [0.1, 0.15) is 5.60 Å². The SMILES string of the molecule is Cc1ccc(S(=O)(=O)N[C@H](CCO[Si](C)(C)C(C)(C)C)C[C@@H](C)C(=O)OC(C)(C)C)cc1. The third-order valence-corrected chi connectivity index (χ3v) is 11.9. The lowest BCUT2D eigenvalue weighted by atomic mass is 10.00. The van der Waals surface area contributed by atoms with Crippen molar-refractivity contribution in [3.05, 3.63) is 29.8 Å². The maximum atomic E-state index is 13.0. The molecule has 184 valence electrons. The predicted octanol–water partition coefficient (Wildman–Crippen LogP) is 5.42. The summed E-state index contributed by atoms with van der Waals surface area (Å²) in [6.07, 6.45) is 0.811. The zero-order chi connectivity index (χ0) is 25.0. The zero-order valence-electron chi connectivity index (χ0n) is 21.5. The van der Waals surface area contributed by atoms with Crippen molar-refractivity contribution in [2.75, 3.05) is 6.61 Å². The molecule has 6 nitrogen and oxygen atoms in total. The summed E-state index contributed by atoms with van der Waals surface area (Å²) in [5.74, 6) is -0.782. The average molecular weight is 486 g/mol. The number of ether oxygens (including phenoxy) is 1. The van der Waals surface area contributed by atoms with Crippen LogP contribution in [-0.4, -0.2) is 41.0 Å². The highest BCUT2D eigenvalue weighted by atomic mass is 32.2. The van der Waals surface area contributed by atoms with Crippen LogP contribution in [0.4, 0.5) is 0 Å². The van der Waals surface area contributed by atoms with Gasteiger partial charge in [0.2, 0.25) is 10.0 Å². The molecule has 0 aliphatic rings. The van der Waals surface area contributed by atoms with Crippen molar-refractivity contribution in [3.63, 3.8) is 0 Å². The summed E-state index contributed by atoms with van der Waals surface area (Å²) in [4.78, 5) is 12.7. The largest absolute Gasteiger partial charge is 0.460 e. The number of rotatable bonds is 10. The second kappa shape index (κ2) is 10.8. The van der Waals surface area contributed by atoms with Crippen LogP contribution in [-0.2, 0) is 24.0 Å². The van der Waals surface area contributed by atoms with Crippen LogP contribution < -0.4 is 4.72 Å². The van der Waals surface area contributed by atoms with E-state index in [4.69, 9.17) is 9.16 Å². The quantitative estimate of drug-likeness (QED) is 0.353. The van der Waals surface area contributed by atoms with Crippen LogP contribution in [0.3, 0.4) is 0 Å². The van der Waals surface area contributed by atoms with Crippen LogP contribution in [0.15, 0.2) is 29.2 Å². The fourth-order valence-corrected chi connectivity index (χ4v) is 5.17. The number of sulfonamides is 1. The lowest BCUT2D eigenvalue weighted by Crippen LogP contribution is -2.43. The molecule has 0 fully saturated rings. The van der Waals surface area contributed by atoms with Crippen molar-refractivity contribution in [3.8, 4) is 0 Å². The summed E-state index contributed by atoms with van der Waals surface area (Å²) in [6.45, 7) is 20.4. The third-order valence-electron chi connectivity index (χ3n) is 5.84. The Labute approximate surface area is 196 Å². The van der Waals surface area contributed by atoms with E-state index in [1.165, 1.54) is 0 Å². The molecule has 0 amide bonds. The Morgan fingerprint density at radius 1 is 1.06 bits per heavy atom.